The molecule has 0 aliphatic rings. The van der Waals surface area contributed by atoms with E-state index in [1.54, 1.807) is 0 Å². The summed E-state index contributed by atoms with van der Waals surface area (Å²) in [5, 5.41) is 2.04. The zero-order chi connectivity index (χ0) is 13.2. The Hall–Kier alpha value is -1.93. The number of carbonyl (C=O) groups is 1. The Kier molecular flexibility index (Phi) is 3.18. The molecule has 1 nitrogen and oxygen atoms in total. The van der Waals surface area contributed by atoms with Gasteiger partial charge in [-0.25, -0.2) is 0 Å². The van der Waals surface area contributed by atoms with E-state index >= 15 is 0 Å². The molecule has 0 aromatic heterocycles. The predicted molar refractivity (Wildman–Crippen MR) is 81.5 cm³/mol. The predicted octanol–water partition coefficient (Wildman–Crippen LogP) is 4.83. The van der Waals surface area contributed by atoms with Crippen molar-refractivity contribution in [1.29, 1.82) is 0 Å². The maximum Gasteiger partial charge on any atom is 0.193 e. The number of carbonyl (C=O) groups excluding carboxylic acids is 1. The van der Waals surface area contributed by atoms with Crippen molar-refractivity contribution in [3.05, 3.63) is 82.3 Å². The van der Waals surface area contributed by atoms with Crippen LogP contribution >= 0.6 is 15.9 Å². The van der Waals surface area contributed by atoms with E-state index in [1.807, 2.05) is 66.7 Å². The second-order valence-corrected chi connectivity index (χ2v) is 5.19. The molecule has 0 aliphatic heterocycles. The van der Waals surface area contributed by atoms with Crippen LogP contribution in [0.15, 0.2) is 71.2 Å². The van der Waals surface area contributed by atoms with Gasteiger partial charge in [-0.05, 0) is 16.8 Å². The minimum Gasteiger partial charge on any atom is -0.289 e. The minimum absolute atomic E-state index is 0.0595. The summed E-state index contributed by atoms with van der Waals surface area (Å²) in [4.78, 5) is 12.6. The Morgan fingerprint density at radius 3 is 2.21 bits per heavy atom. The van der Waals surface area contributed by atoms with Crippen LogP contribution in [0.1, 0.15) is 15.9 Å². The van der Waals surface area contributed by atoms with E-state index in [9.17, 15) is 4.79 Å². The molecule has 0 amide bonds. The monoisotopic (exact) mass is 310 g/mol. The van der Waals surface area contributed by atoms with Gasteiger partial charge >= 0.3 is 0 Å². The molecule has 3 rings (SSSR count). The van der Waals surface area contributed by atoms with Crippen LogP contribution in [0.25, 0.3) is 10.8 Å². The molecule has 0 atom stereocenters. The lowest BCUT2D eigenvalue weighted by Crippen LogP contribution is -2.01. The lowest BCUT2D eigenvalue weighted by atomic mass is 9.97. The van der Waals surface area contributed by atoms with E-state index in [2.05, 4.69) is 15.9 Å². The first-order valence-corrected chi connectivity index (χ1v) is 6.83. The van der Waals surface area contributed by atoms with Crippen molar-refractivity contribution in [3.8, 4) is 0 Å². The van der Waals surface area contributed by atoms with Gasteiger partial charge in [0.2, 0.25) is 0 Å². The molecule has 0 fully saturated rings. The van der Waals surface area contributed by atoms with Crippen LogP contribution in [-0.4, -0.2) is 5.78 Å². The van der Waals surface area contributed by atoms with Gasteiger partial charge in [-0.3, -0.25) is 4.79 Å². The molecule has 0 radical (unpaired) electrons. The first-order chi connectivity index (χ1) is 9.27. The average Bonchev–Trinajstić information content (AvgIpc) is 2.47. The van der Waals surface area contributed by atoms with Gasteiger partial charge in [0, 0.05) is 15.6 Å². The van der Waals surface area contributed by atoms with E-state index in [-0.39, 0.29) is 5.78 Å². The Labute approximate surface area is 120 Å². The smallest absolute Gasteiger partial charge is 0.193 e. The topological polar surface area (TPSA) is 17.1 Å². The second kappa shape index (κ2) is 4.98. The van der Waals surface area contributed by atoms with Crippen molar-refractivity contribution >= 4 is 32.5 Å². The fourth-order valence-corrected chi connectivity index (χ4v) is 2.71. The summed E-state index contributed by atoms with van der Waals surface area (Å²) in [6.45, 7) is 0. The molecule has 0 aliphatic carbocycles. The van der Waals surface area contributed by atoms with Gasteiger partial charge in [0.15, 0.2) is 5.78 Å². The SMILES string of the molecule is O=C(c1ccccc1)c1cccc2c(Br)cccc12. The van der Waals surface area contributed by atoms with Gasteiger partial charge < -0.3 is 0 Å². The summed E-state index contributed by atoms with van der Waals surface area (Å²) in [5.41, 5.74) is 1.46. The van der Waals surface area contributed by atoms with E-state index in [0.717, 1.165) is 26.4 Å². The van der Waals surface area contributed by atoms with E-state index in [4.69, 9.17) is 0 Å². The molecule has 19 heavy (non-hydrogen) atoms. The van der Waals surface area contributed by atoms with Crippen molar-refractivity contribution in [2.24, 2.45) is 0 Å². The van der Waals surface area contributed by atoms with Gasteiger partial charge in [0.1, 0.15) is 0 Å². The van der Waals surface area contributed by atoms with Crippen LogP contribution in [0.4, 0.5) is 0 Å². The maximum absolute atomic E-state index is 12.6. The van der Waals surface area contributed by atoms with Crippen molar-refractivity contribution in [2.75, 3.05) is 0 Å². The fourth-order valence-electron chi connectivity index (χ4n) is 2.21. The molecule has 0 unspecified atom stereocenters. The average molecular weight is 311 g/mol. The normalized spacial score (nSPS) is 10.6. The van der Waals surface area contributed by atoms with Gasteiger partial charge in [-0.15, -0.1) is 0 Å². The third-order valence-electron chi connectivity index (χ3n) is 3.15. The zero-order valence-electron chi connectivity index (χ0n) is 10.1. The van der Waals surface area contributed by atoms with Gasteiger partial charge in [0.05, 0.1) is 0 Å². The largest absolute Gasteiger partial charge is 0.289 e. The Morgan fingerprint density at radius 2 is 1.42 bits per heavy atom. The molecule has 3 aromatic carbocycles. The van der Waals surface area contributed by atoms with Gasteiger partial charge in [-0.2, -0.15) is 0 Å². The summed E-state index contributed by atoms with van der Waals surface area (Å²) in [7, 11) is 0. The lowest BCUT2D eigenvalue weighted by molar-refractivity contribution is 0.104. The molecule has 0 spiro atoms. The summed E-state index contributed by atoms with van der Waals surface area (Å²) < 4.78 is 1.01. The van der Waals surface area contributed by atoms with Crippen molar-refractivity contribution < 1.29 is 4.79 Å². The van der Waals surface area contributed by atoms with Gasteiger partial charge in [0.25, 0.3) is 0 Å². The van der Waals surface area contributed by atoms with Crippen LogP contribution in [0.5, 0.6) is 0 Å². The Morgan fingerprint density at radius 1 is 0.737 bits per heavy atom. The third kappa shape index (κ3) is 2.20. The molecule has 0 bridgehead atoms. The van der Waals surface area contributed by atoms with Crippen molar-refractivity contribution in [3.63, 3.8) is 0 Å². The number of hydrogen-bond acceptors (Lipinski definition) is 1. The highest BCUT2D eigenvalue weighted by molar-refractivity contribution is 9.10. The number of ketones is 1. The highest BCUT2D eigenvalue weighted by Gasteiger charge is 2.12. The molecular weight excluding hydrogens is 300 g/mol. The zero-order valence-corrected chi connectivity index (χ0v) is 11.7. The van der Waals surface area contributed by atoms with Crippen LogP contribution in [0.3, 0.4) is 0 Å². The van der Waals surface area contributed by atoms with Crippen LogP contribution < -0.4 is 0 Å². The molecular formula is C17H11BrO. The fraction of sp³-hybridized carbons (Fsp3) is 0. The highest BCUT2D eigenvalue weighted by Crippen LogP contribution is 2.27. The summed E-state index contributed by atoms with van der Waals surface area (Å²) in [5.74, 6) is 0.0595. The van der Waals surface area contributed by atoms with Crippen LogP contribution in [-0.2, 0) is 0 Å². The summed E-state index contributed by atoms with van der Waals surface area (Å²) in [6.07, 6.45) is 0. The number of benzene rings is 3. The number of hydrogen-bond donors (Lipinski definition) is 0. The molecule has 0 saturated carbocycles. The highest BCUT2D eigenvalue weighted by atomic mass is 79.9. The molecule has 92 valence electrons. The molecule has 2 heteroatoms. The van der Waals surface area contributed by atoms with E-state index < -0.39 is 0 Å². The maximum atomic E-state index is 12.6. The first-order valence-electron chi connectivity index (χ1n) is 6.04. The first kappa shape index (κ1) is 12.1. The molecule has 0 saturated heterocycles. The van der Waals surface area contributed by atoms with E-state index in [1.165, 1.54) is 0 Å². The van der Waals surface area contributed by atoms with Crippen LogP contribution in [0.2, 0.25) is 0 Å². The quantitative estimate of drug-likeness (QED) is 0.619. The summed E-state index contributed by atoms with van der Waals surface area (Å²) >= 11 is 3.53. The number of fused-ring (bicyclic) bond motifs is 1. The van der Waals surface area contributed by atoms with Crippen molar-refractivity contribution in [2.45, 2.75) is 0 Å². The van der Waals surface area contributed by atoms with Crippen molar-refractivity contribution in [1.82, 2.24) is 0 Å². The lowest BCUT2D eigenvalue weighted by Gasteiger charge is -2.07. The number of rotatable bonds is 2. The standard InChI is InChI=1S/C17H11BrO/c18-16-11-5-8-13-14(16)9-4-10-15(13)17(19)12-6-2-1-3-7-12/h1-11H. The van der Waals surface area contributed by atoms with Gasteiger partial charge in [-0.1, -0.05) is 76.6 Å². The molecule has 3 aromatic rings. The van der Waals surface area contributed by atoms with Crippen LogP contribution in [0, 0.1) is 0 Å². The number of halogens is 1. The van der Waals surface area contributed by atoms with E-state index in [0.29, 0.717) is 0 Å². The second-order valence-electron chi connectivity index (χ2n) is 4.34. The summed E-state index contributed by atoms with van der Waals surface area (Å²) in [6, 6.07) is 21.1. The molecule has 0 N–H and O–H groups in total. The Bertz CT molecular complexity index is 748. The third-order valence-corrected chi connectivity index (χ3v) is 3.84. The molecule has 0 heterocycles. The Balaban J connectivity index is 2.21. The minimum atomic E-state index is 0.0595.